The molecule has 9 heteroatoms. The van der Waals surface area contributed by atoms with Crippen molar-refractivity contribution >= 4 is 33.4 Å². The summed E-state index contributed by atoms with van der Waals surface area (Å²) in [6.07, 6.45) is 4.00. The molecule has 172 valence electrons. The molecule has 1 aromatic heterocycles. The molecule has 2 saturated heterocycles. The Morgan fingerprint density at radius 3 is 2.47 bits per heavy atom. The third kappa shape index (κ3) is 5.24. The van der Waals surface area contributed by atoms with Gasteiger partial charge in [0.2, 0.25) is 5.91 Å². The van der Waals surface area contributed by atoms with Crippen LogP contribution in [0.5, 0.6) is 0 Å². The molecular weight excluding hydrogens is 448 g/mol. The largest absolute Gasteiger partial charge is 0.337 e. The van der Waals surface area contributed by atoms with Crippen molar-refractivity contribution < 1.29 is 13.2 Å². The van der Waals surface area contributed by atoms with Gasteiger partial charge in [0.05, 0.1) is 23.7 Å². The van der Waals surface area contributed by atoms with Gasteiger partial charge in [-0.1, -0.05) is 41.4 Å². The second-order valence-corrected chi connectivity index (χ2v) is 11.3. The fraction of sp³-hybridized carbons (Fsp3) is 0.478. The van der Waals surface area contributed by atoms with Gasteiger partial charge in [0.15, 0.2) is 9.84 Å². The lowest BCUT2D eigenvalue weighted by Gasteiger charge is -2.37. The van der Waals surface area contributed by atoms with E-state index in [-0.39, 0.29) is 23.5 Å². The molecule has 0 spiro atoms. The smallest absolute Gasteiger partial charge is 0.246 e. The van der Waals surface area contributed by atoms with Gasteiger partial charge in [-0.2, -0.15) is 5.10 Å². The first kappa shape index (κ1) is 23.0. The van der Waals surface area contributed by atoms with E-state index in [0.29, 0.717) is 44.3 Å². The van der Waals surface area contributed by atoms with Crippen molar-refractivity contribution in [2.24, 2.45) is 0 Å². The first-order valence-electron chi connectivity index (χ1n) is 10.9. The fourth-order valence-electron chi connectivity index (χ4n) is 4.36. The van der Waals surface area contributed by atoms with Crippen LogP contribution in [-0.4, -0.2) is 77.6 Å². The van der Waals surface area contributed by atoms with Crippen LogP contribution in [0.1, 0.15) is 28.8 Å². The van der Waals surface area contributed by atoms with E-state index in [2.05, 4.69) is 34.3 Å². The number of carbonyl (C=O) groups excluding carboxylic acids is 1. The van der Waals surface area contributed by atoms with Gasteiger partial charge in [-0.25, -0.2) is 13.1 Å². The molecule has 1 amide bonds. The van der Waals surface area contributed by atoms with Crippen molar-refractivity contribution in [3.8, 4) is 0 Å². The Bertz CT molecular complexity index is 1120. The molecule has 0 aliphatic carbocycles. The zero-order valence-corrected chi connectivity index (χ0v) is 20.1. The van der Waals surface area contributed by atoms with E-state index in [1.807, 2.05) is 13.8 Å². The minimum atomic E-state index is -2.90. The van der Waals surface area contributed by atoms with Crippen LogP contribution in [-0.2, 0) is 21.2 Å². The number of amides is 1. The third-order valence-corrected chi connectivity index (χ3v) is 8.45. The zero-order valence-electron chi connectivity index (χ0n) is 18.5. The van der Waals surface area contributed by atoms with E-state index >= 15 is 0 Å². The predicted octanol–water partition coefficient (Wildman–Crippen LogP) is 2.55. The molecule has 2 aliphatic rings. The van der Waals surface area contributed by atoms with Crippen molar-refractivity contribution in [1.29, 1.82) is 0 Å². The SMILES string of the molecule is Cc1ccc(Cn2nc(C)c(/C=C/C(=O)N3CCN(C4CCS(=O)(=O)C4)CC3)c2Cl)cc1. The highest BCUT2D eigenvalue weighted by atomic mass is 35.5. The Hall–Kier alpha value is -2.16. The van der Waals surface area contributed by atoms with Gasteiger partial charge in [-0.15, -0.1) is 0 Å². The number of halogens is 1. The highest BCUT2D eigenvalue weighted by Crippen LogP contribution is 2.23. The van der Waals surface area contributed by atoms with Gasteiger partial charge >= 0.3 is 0 Å². The quantitative estimate of drug-likeness (QED) is 0.620. The molecule has 32 heavy (non-hydrogen) atoms. The number of aryl methyl sites for hydroxylation is 2. The van der Waals surface area contributed by atoms with Crippen LogP contribution < -0.4 is 0 Å². The molecule has 1 aromatic carbocycles. The topological polar surface area (TPSA) is 75.5 Å². The summed E-state index contributed by atoms with van der Waals surface area (Å²) in [6, 6.07) is 8.33. The summed E-state index contributed by atoms with van der Waals surface area (Å²) < 4.78 is 25.2. The van der Waals surface area contributed by atoms with Crippen molar-refractivity contribution in [3.05, 3.63) is 57.9 Å². The van der Waals surface area contributed by atoms with Crippen molar-refractivity contribution in [3.63, 3.8) is 0 Å². The molecule has 0 radical (unpaired) electrons. The Balaban J connectivity index is 1.35. The summed E-state index contributed by atoms with van der Waals surface area (Å²) in [5, 5.41) is 5.05. The predicted molar refractivity (Wildman–Crippen MR) is 127 cm³/mol. The molecule has 1 unspecified atom stereocenters. The van der Waals surface area contributed by atoms with Crippen molar-refractivity contribution in [1.82, 2.24) is 19.6 Å². The number of piperazine rings is 1. The lowest BCUT2D eigenvalue weighted by atomic mass is 10.1. The van der Waals surface area contributed by atoms with E-state index < -0.39 is 9.84 Å². The molecule has 2 aromatic rings. The zero-order chi connectivity index (χ0) is 22.9. The van der Waals surface area contributed by atoms with E-state index in [1.165, 1.54) is 5.56 Å². The number of aromatic nitrogens is 2. The van der Waals surface area contributed by atoms with Gasteiger partial charge in [0.25, 0.3) is 0 Å². The molecule has 0 bridgehead atoms. The lowest BCUT2D eigenvalue weighted by molar-refractivity contribution is -0.127. The van der Waals surface area contributed by atoms with Gasteiger partial charge in [-0.05, 0) is 31.9 Å². The molecular formula is C23H29ClN4O3S. The van der Waals surface area contributed by atoms with E-state index in [0.717, 1.165) is 16.8 Å². The molecule has 1 atom stereocenters. The van der Waals surface area contributed by atoms with Crippen LogP contribution >= 0.6 is 11.6 Å². The minimum absolute atomic E-state index is 0.0644. The summed E-state index contributed by atoms with van der Waals surface area (Å²) in [6.45, 7) is 7.10. The summed E-state index contributed by atoms with van der Waals surface area (Å²) in [5.74, 6) is 0.452. The Kier molecular flexibility index (Phi) is 6.74. The summed E-state index contributed by atoms with van der Waals surface area (Å²) in [4.78, 5) is 16.7. The highest BCUT2D eigenvalue weighted by Gasteiger charge is 2.34. The maximum Gasteiger partial charge on any atom is 0.246 e. The number of hydrogen-bond acceptors (Lipinski definition) is 5. The van der Waals surface area contributed by atoms with E-state index in [9.17, 15) is 13.2 Å². The summed E-state index contributed by atoms with van der Waals surface area (Å²) in [7, 11) is -2.90. The number of sulfone groups is 1. The summed E-state index contributed by atoms with van der Waals surface area (Å²) in [5.41, 5.74) is 3.84. The monoisotopic (exact) mass is 476 g/mol. The van der Waals surface area contributed by atoms with Crippen LogP contribution in [0.15, 0.2) is 30.3 Å². The molecule has 0 N–H and O–H groups in total. The maximum absolute atomic E-state index is 12.7. The molecule has 2 aliphatic heterocycles. The van der Waals surface area contributed by atoms with Gasteiger partial charge < -0.3 is 4.90 Å². The Labute approximate surface area is 194 Å². The van der Waals surface area contributed by atoms with Gasteiger partial charge in [0, 0.05) is 43.9 Å². The normalized spacial score (nSPS) is 21.5. The van der Waals surface area contributed by atoms with E-state index in [4.69, 9.17) is 11.6 Å². The summed E-state index contributed by atoms with van der Waals surface area (Å²) >= 11 is 6.56. The second-order valence-electron chi connectivity index (χ2n) is 8.68. The molecule has 0 saturated carbocycles. The molecule has 2 fully saturated rings. The van der Waals surface area contributed by atoms with Crippen LogP contribution in [0.2, 0.25) is 5.15 Å². The van der Waals surface area contributed by atoms with Gasteiger partial charge in [-0.3, -0.25) is 9.69 Å². The Morgan fingerprint density at radius 2 is 1.84 bits per heavy atom. The average Bonchev–Trinajstić information content (AvgIpc) is 3.26. The first-order valence-corrected chi connectivity index (χ1v) is 13.1. The number of hydrogen-bond donors (Lipinski definition) is 0. The first-order chi connectivity index (χ1) is 15.2. The van der Waals surface area contributed by atoms with Crippen molar-refractivity contribution in [2.75, 3.05) is 37.7 Å². The van der Waals surface area contributed by atoms with Crippen LogP contribution in [0.3, 0.4) is 0 Å². The second kappa shape index (κ2) is 9.37. The van der Waals surface area contributed by atoms with Gasteiger partial charge in [0.1, 0.15) is 5.15 Å². The molecule has 7 nitrogen and oxygen atoms in total. The average molecular weight is 477 g/mol. The van der Waals surface area contributed by atoms with Crippen LogP contribution in [0.25, 0.3) is 6.08 Å². The van der Waals surface area contributed by atoms with E-state index in [1.54, 1.807) is 21.7 Å². The minimum Gasteiger partial charge on any atom is -0.337 e. The molecule has 4 rings (SSSR count). The van der Waals surface area contributed by atoms with Crippen LogP contribution in [0, 0.1) is 13.8 Å². The number of rotatable bonds is 5. The fourth-order valence-corrected chi connectivity index (χ4v) is 6.42. The number of nitrogens with zero attached hydrogens (tertiary/aromatic N) is 4. The Morgan fingerprint density at radius 1 is 1.16 bits per heavy atom. The molecule has 3 heterocycles. The van der Waals surface area contributed by atoms with Crippen molar-refractivity contribution in [2.45, 2.75) is 32.9 Å². The maximum atomic E-state index is 12.7. The van der Waals surface area contributed by atoms with Crippen LogP contribution in [0.4, 0.5) is 0 Å². The standard InChI is InChI=1S/C23H29ClN4O3S/c1-17-3-5-19(6-4-17)15-28-23(24)21(18(2)25-28)7-8-22(29)27-12-10-26(11-13-27)20-9-14-32(30,31)16-20/h3-8,20H,9-16H2,1-2H3/b8-7+. The number of carbonyl (C=O) groups is 1. The lowest BCUT2D eigenvalue weighted by Crippen LogP contribution is -2.52. The number of benzene rings is 1. The third-order valence-electron chi connectivity index (χ3n) is 6.31. The highest BCUT2D eigenvalue weighted by molar-refractivity contribution is 7.91.